The zero-order valence-electron chi connectivity index (χ0n) is 20.9. The summed E-state index contributed by atoms with van der Waals surface area (Å²) in [7, 11) is 0. The van der Waals surface area contributed by atoms with E-state index in [1.807, 2.05) is 6.07 Å². The molecule has 0 aliphatic carbocycles. The van der Waals surface area contributed by atoms with Gasteiger partial charge >= 0.3 is 234 Å². The Labute approximate surface area is 233 Å². The molecule has 0 amide bonds. The second-order valence-electron chi connectivity index (χ2n) is 9.84. The molecule has 0 spiro atoms. The van der Waals surface area contributed by atoms with Crippen LogP contribution in [0.15, 0.2) is 134 Å². The van der Waals surface area contributed by atoms with Crippen molar-refractivity contribution >= 4 is 85.8 Å². The number of fused-ring (bicyclic) bond motifs is 9. The van der Waals surface area contributed by atoms with E-state index in [-0.39, 0.29) is 0 Å². The van der Waals surface area contributed by atoms with Gasteiger partial charge in [-0.15, -0.1) is 0 Å². The second-order valence-corrected chi connectivity index (χ2v) is 16.1. The second kappa shape index (κ2) is 8.73. The number of para-hydroxylation sites is 2. The molecule has 0 radical (unpaired) electrons. The van der Waals surface area contributed by atoms with Crippen LogP contribution in [0.5, 0.6) is 0 Å². The number of hydrogen-bond donors (Lipinski definition) is 0. The van der Waals surface area contributed by atoms with Crippen molar-refractivity contribution in [3.63, 3.8) is 0 Å². The van der Waals surface area contributed by atoms with Gasteiger partial charge in [0, 0.05) is 0 Å². The van der Waals surface area contributed by atoms with Gasteiger partial charge in [0.05, 0.1) is 0 Å². The first kappa shape index (κ1) is 22.9. The van der Waals surface area contributed by atoms with Gasteiger partial charge in [0.1, 0.15) is 0 Å². The van der Waals surface area contributed by atoms with Gasteiger partial charge in [-0.3, -0.25) is 0 Å². The quantitative estimate of drug-likeness (QED) is 0.132. The number of aromatic nitrogens is 3. The molecule has 39 heavy (non-hydrogen) atoms. The Bertz CT molecular complexity index is 2270. The van der Waals surface area contributed by atoms with Gasteiger partial charge in [0.15, 0.2) is 0 Å². The van der Waals surface area contributed by atoms with E-state index >= 15 is 0 Å². The van der Waals surface area contributed by atoms with E-state index in [0.29, 0.717) is 0 Å². The van der Waals surface area contributed by atoms with Crippen molar-refractivity contribution in [2.45, 2.75) is 0 Å². The fourth-order valence-corrected chi connectivity index (χ4v) is 10.5. The molecular weight excluding hydrogens is 560 g/mol. The molecule has 1 unspecified atom stereocenters. The fraction of sp³-hybridized carbons (Fsp3) is 0. The molecule has 8 aromatic rings. The first-order valence-electron chi connectivity index (χ1n) is 13.0. The Hall–Kier alpha value is -4.07. The van der Waals surface area contributed by atoms with Gasteiger partial charge < -0.3 is 0 Å². The Morgan fingerprint density at radius 2 is 1.26 bits per heavy atom. The van der Waals surface area contributed by atoms with Crippen molar-refractivity contribution in [1.29, 1.82) is 0 Å². The third-order valence-electron chi connectivity index (χ3n) is 7.66. The van der Waals surface area contributed by atoms with Crippen molar-refractivity contribution in [1.82, 2.24) is 14.4 Å². The number of imidazole rings is 1. The van der Waals surface area contributed by atoms with Gasteiger partial charge in [0.2, 0.25) is 0 Å². The monoisotopic (exact) mass is 583 g/mol. The number of benzene rings is 5. The van der Waals surface area contributed by atoms with Crippen molar-refractivity contribution in [3.8, 4) is 0 Å². The summed E-state index contributed by atoms with van der Waals surface area (Å²) in [5, 5.41) is 8.54. The van der Waals surface area contributed by atoms with E-state index in [1.165, 1.54) is 37.6 Å². The molecule has 8 rings (SSSR count). The standard InChI is InChI=1S/C34H22N3PSe/c39-38(24-11-2-1-3-12-24,26-20-23-10-4-8-16-30(23)35-22-26)25-18-19-31-33(21-25)37-32-17-9-7-14-28(32)27-13-5-6-15-29(27)34(37)36-31/h1-22H. The molecule has 3 nitrogen and oxygen atoms in total. The minimum absolute atomic E-state index is 0.993. The summed E-state index contributed by atoms with van der Waals surface area (Å²) in [4.78, 5) is 10.0. The van der Waals surface area contributed by atoms with Crippen LogP contribution in [0, 0.1) is 0 Å². The molecule has 1 atom stereocenters. The summed E-state index contributed by atoms with van der Waals surface area (Å²) in [6.45, 7) is 0. The Balaban J connectivity index is 1.48. The molecule has 0 saturated carbocycles. The normalized spacial score (nSPS) is 13.4. The summed E-state index contributed by atoms with van der Waals surface area (Å²) in [6, 6.07) is 45.5. The zero-order valence-corrected chi connectivity index (χ0v) is 23.5. The summed E-state index contributed by atoms with van der Waals surface area (Å²) in [5.74, 6) is 0. The average Bonchev–Trinajstić information content (AvgIpc) is 3.40. The van der Waals surface area contributed by atoms with E-state index in [4.69, 9.17) is 9.97 Å². The van der Waals surface area contributed by atoms with Gasteiger partial charge in [-0.25, -0.2) is 0 Å². The predicted octanol–water partition coefficient (Wildman–Crippen LogP) is 6.72. The Morgan fingerprint density at radius 3 is 2.13 bits per heavy atom. The molecule has 0 N–H and O–H groups in total. The molecule has 3 aromatic heterocycles. The molecule has 0 aliphatic rings. The predicted molar refractivity (Wildman–Crippen MR) is 167 cm³/mol. The maximum absolute atomic E-state index is 5.16. The van der Waals surface area contributed by atoms with Crippen LogP contribution < -0.4 is 15.9 Å². The molecule has 5 aromatic carbocycles. The topological polar surface area (TPSA) is 30.2 Å². The average molecular weight is 583 g/mol. The van der Waals surface area contributed by atoms with E-state index < -0.39 is 5.51 Å². The van der Waals surface area contributed by atoms with Crippen LogP contribution in [0.2, 0.25) is 0 Å². The van der Waals surface area contributed by atoms with Crippen molar-refractivity contribution < 1.29 is 0 Å². The van der Waals surface area contributed by atoms with Crippen LogP contribution in [0.3, 0.4) is 0 Å². The molecule has 0 fully saturated rings. The Kier molecular flexibility index (Phi) is 5.12. The number of rotatable bonds is 3. The Morgan fingerprint density at radius 1 is 0.538 bits per heavy atom. The minimum atomic E-state index is -2.13. The molecule has 0 saturated heterocycles. The van der Waals surface area contributed by atoms with Crippen LogP contribution >= 0.6 is 5.51 Å². The third-order valence-corrected chi connectivity index (χ3v) is 14.6. The van der Waals surface area contributed by atoms with Crippen LogP contribution in [-0.2, 0) is 0 Å². The molecular formula is C34H22N3PSe. The SMILES string of the molecule is [Se]=P(c1ccccc1)(c1cnc2ccccc2c1)c1ccc2nc3c4ccccc4c4ccccc4n3c2c1. The fourth-order valence-electron chi connectivity index (χ4n) is 5.81. The van der Waals surface area contributed by atoms with Crippen LogP contribution in [-0.4, -0.2) is 29.5 Å². The van der Waals surface area contributed by atoms with Gasteiger partial charge in [0.25, 0.3) is 0 Å². The summed E-state index contributed by atoms with van der Waals surface area (Å²) >= 11 is 3.72. The van der Waals surface area contributed by atoms with E-state index in [1.54, 1.807) is 0 Å². The summed E-state index contributed by atoms with van der Waals surface area (Å²) in [6.07, 6.45) is 2.06. The summed E-state index contributed by atoms with van der Waals surface area (Å²) in [5.41, 5.74) is 3.16. The van der Waals surface area contributed by atoms with Gasteiger partial charge in [-0.2, -0.15) is 0 Å². The molecule has 0 bridgehead atoms. The third kappa shape index (κ3) is 3.40. The molecule has 184 valence electrons. The summed E-state index contributed by atoms with van der Waals surface area (Å²) < 4.78 is 2.34. The number of hydrogen-bond acceptors (Lipinski definition) is 2. The van der Waals surface area contributed by atoms with Crippen LogP contribution in [0.25, 0.3) is 49.3 Å². The van der Waals surface area contributed by atoms with Crippen LogP contribution in [0.4, 0.5) is 0 Å². The van der Waals surface area contributed by atoms with Gasteiger partial charge in [-0.1, -0.05) is 0 Å². The molecule has 5 heteroatoms. The van der Waals surface area contributed by atoms with E-state index in [9.17, 15) is 0 Å². The van der Waals surface area contributed by atoms with Crippen LogP contribution in [0.1, 0.15) is 0 Å². The van der Waals surface area contributed by atoms with E-state index in [2.05, 4.69) is 147 Å². The van der Waals surface area contributed by atoms with Gasteiger partial charge in [-0.05, 0) is 0 Å². The van der Waals surface area contributed by atoms with Crippen molar-refractivity contribution in [2.24, 2.45) is 0 Å². The van der Waals surface area contributed by atoms with E-state index in [0.717, 1.165) is 27.6 Å². The maximum atomic E-state index is 5.16. The molecule has 3 heterocycles. The number of pyridine rings is 2. The van der Waals surface area contributed by atoms with Crippen molar-refractivity contribution in [3.05, 3.63) is 134 Å². The first-order chi connectivity index (χ1) is 19.2. The molecule has 0 aliphatic heterocycles. The zero-order chi connectivity index (χ0) is 26.0. The number of nitrogens with zero attached hydrogens (tertiary/aromatic N) is 3. The van der Waals surface area contributed by atoms with Crippen molar-refractivity contribution in [2.75, 3.05) is 0 Å². The first-order valence-corrected chi connectivity index (χ1v) is 17.0.